The van der Waals surface area contributed by atoms with Gasteiger partial charge in [-0.15, -0.1) is 0 Å². The molecular formula is C33H36N3O5Se. The summed E-state index contributed by atoms with van der Waals surface area (Å²) in [7, 11) is 1.32. The number of hydrogen-bond acceptors (Lipinski definition) is 6. The first-order valence-electron chi connectivity index (χ1n) is 14.0. The van der Waals surface area contributed by atoms with Crippen LogP contribution in [0.2, 0.25) is 0 Å². The predicted octanol–water partition coefficient (Wildman–Crippen LogP) is 4.41. The number of fused-ring (bicyclic) bond motifs is 3. The number of carbonyl (C=O) groups excluding carboxylic acids is 3. The number of amides is 2. The van der Waals surface area contributed by atoms with Gasteiger partial charge in [0.05, 0.1) is 0 Å². The predicted molar refractivity (Wildman–Crippen MR) is 164 cm³/mol. The quantitative estimate of drug-likeness (QED) is 0.185. The Morgan fingerprint density at radius 3 is 2.00 bits per heavy atom. The fourth-order valence-electron chi connectivity index (χ4n) is 5.09. The van der Waals surface area contributed by atoms with Crippen molar-refractivity contribution in [2.75, 3.05) is 13.7 Å². The van der Waals surface area contributed by atoms with Crippen LogP contribution >= 0.6 is 0 Å². The molecule has 9 heteroatoms. The van der Waals surface area contributed by atoms with Crippen molar-refractivity contribution in [1.29, 1.82) is 0 Å². The van der Waals surface area contributed by atoms with Crippen LogP contribution in [0.15, 0.2) is 83.9 Å². The fourth-order valence-corrected chi connectivity index (χ4v) is 5.48. The minimum atomic E-state index is -0.836. The monoisotopic (exact) mass is 634 g/mol. The third-order valence-corrected chi connectivity index (χ3v) is 8.29. The second-order valence-corrected chi connectivity index (χ2v) is 11.5. The number of nitrogens with one attached hydrogen (secondary N) is 2. The van der Waals surface area contributed by atoms with Gasteiger partial charge in [0.15, 0.2) is 0 Å². The molecular weight excluding hydrogens is 597 g/mol. The molecule has 2 N–H and O–H groups in total. The van der Waals surface area contributed by atoms with Crippen LogP contribution in [0, 0.1) is 5.92 Å². The summed E-state index contributed by atoms with van der Waals surface area (Å²) >= 11 is 2.87. The number of aliphatic imine (C=N–C) groups is 1. The SMILES string of the molecule is COC(=O)[C@H](Cc1ccccc1)N=C([Se])[C@H](C)NC(=O)[C@@H](NC(=O)OCC1c2ccccc2-c2ccccc21)C(C)C. The van der Waals surface area contributed by atoms with Crippen LogP contribution in [-0.2, 0) is 25.5 Å². The summed E-state index contributed by atoms with van der Waals surface area (Å²) in [5, 5.41) is 5.63. The van der Waals surface area contributed by atoms with Gasteiger partial charge in [-0.3, -0.25) is 0 Å². The second-order valence-electron chi connectivity index (χ2n) is 10.6. The Morgan fingerprint density at radius 1 is 0.857 bits per heavy atom. The Bertz CT molecular complexity index is 1400. The zero-order valence-corrected chi connectivity index (χ0v) is 25.9. The molecule has 0 bridgehead atoms. The van der Waals surface area contributed by atoms with E-state index in [0.29, 0.717) is 11.0 Å². The molecule has 1 aliphatic carbocycles. The van der Waals surface area contributed by atoms with Crippen LogP contribution in [0.25, 0.3) is 11.1 Å². The molecule has 42 heavy (non-hydrogen) atoms. The topological polar surface area (TPSA) is 106 Å². The van der Waals surface area contributed by atoms with E-state index in [1.54, 1.807) is 6.92 Å². The Labute approximate surface area is 255 Å². The van der Waals surface area contributed by atoms with Crippen molar-refractivity contribution in [3.8, 4) is 11.1 Å². The van der Waals surface area contributed by atoms with Crippen molar-refractivity contribution in [2.45, 2.75) is 51.2 Å². The van der Waals surface area contributed by atoms with E-state index in [2.05, 4.69) is 55.9 Å². The van der Waals surface area contributed by atoms with Gasteiger partial charge in [-0.2, -0.15) is 0 Å². The van der Waals surface area contributed by atoms with E-state index in [-0.39, 0.29) is 24.3 Å². The molecule has 0 spiro atoms. The van der Waals surface area contributed by atoms with E-state index in [4.69, 9.17) is 9.47 Å². The first-order valence-corrected chi connectivity index (χ1v) is 14.8. The van der Waals surface area contributed by atoms with Crippen LogP contribution in [0.4, 0.5) is 4.79 Å². The zero-order valence-electron chi connectivity index (χ0n) is 24.2. The molecule has 219 valence electrons. The van der Waals surface area contributed by atoms with Gasteiger partial charge in [0, 0.05) is 0 Å². The Kier molecular flexibility index (Phi) is 10.6. The number of benzene rings is 3. The molecule has 1 aliphatic rings. The van der Waals surface area contributed by atoms with Gasteiger partial charge in [0.1, 0.15) is 0 Å². The molecule has 0 fully saturated rings. The van der Waals surface area contributed by atoms with Crippen LogP contribution in [0.5, 0.6) is 0 Å². The summed E-state index contributed by atoms with van der Waals surface area (Å²) in [4.78, 5) is 43.1. The van der Waals surface area contributed by atoms with Crippen LogP contribution < -0.4 is 10.6 Å². The molecule has 0 saturated heterocycles. The summed E-state index contributed by atoms with van der Waals surface area (Å²) in [5.41, 5.74) is 5.45. The number of ether oxygens (including phenoxy) is 2. The number of alkyl carbamates (subject to hydrolysis) is 1. The molecule has 8 nitrogen and oxygen atoms in total. The van der Waals surface area contributed by atoms with E-state index in [0.717, 1.165) is 27.8 Å². The van der Waals surface area contributed by atoms with E-state index in [1.165, 1.54) is 7.11 Å². The maximum atomic E-state index is 13.2. The number of esters is 1. The summed E-state index contributed by atoms with van der Waals surface area (Å²) in [6.07, 6.45) is -0.305. The molecule has 2 amide bonds. The molecule has 1 radical (unpaired) electrons. The van der Waals surface area contributed by atoms with Crippen molar-refractivity contribution in [3.63, 3.8) is 0 Å². The van der Waals surface area contributed by atoms with Crippen molar-refractivity contribution < 1.29 is 23.9 Å². The second kappa shape index (κ2) is 14.3. The van der Waals surface area contributed by atoms with E-state index in [9.17, 15) is 14.4 Å². The average Bonchev–Trinajstić information content (AvgIpc) is 3.31. The van der Waals surface area contributed by atoms with E-state index < -0.39 is 30.2 Å². The van der Waals surface area contributed by atoms with Gasteiger partial charge in [-0.05, 0) is 0 Å². The third kappa shape index (κ3) is 7.46. The first kappa shape index (κ1) is 31.0. The number of methoxy groups -OCH3 is 1. The van der Waals surface area contributed by atoms with Crippen molar-refractivity contribution in [1.82, 2.24) is 10.6 Å². The fraction of sp³-hybridized carbons (Fsp3) is 0.333. The Morgan fingerprint density at radius 2 is 1.43 bits per heavy atom. The van der Waals surface area contributed by atoms with Gasteiger partial charge < -0.3 is 0 Å². The molecule has 4 rings (SSSR count). The number of rotatable bonds is 11. The van der Waals surface area contributed by atoms with Crippen molar-refractivity contribution in [3.05, 3.63) is 95.6 Å². The summed E-state index contributed by atoms with van der Waals surface area (Å²) in [6, 6.07) is 23.6. The van der Waals surface area contributed by atoms with E-state index >= 15 is 0 Å². The number of nitrogens with zero attached hydrogens (tertiary/aromatic N) is 1. The van der Waals surface area contributed by atoms with Crippen LogP contribution in [-0.4, -0.2) is 70.4 Å². The van der Waals surface area contributed by atoms with Crippen LogP contribution in [0.1, 0.15) is 43.4 Å². The minimum absolute atomic E-state index is 0.0810. The molecule has 3 aromatic rings. The molecule has 3 aromatic carbocycles. The zero-order chi connectivity index (χ0) is 30.2. The molecule has 3 atom stereocenters. The number of hydrogen-bond donors (Lipinski definition) is 2. The van der Waals surface area contributed by atoms with Crippen molar-refractivity contribution >= 4 is 38.6 Å². The Balaban J connectivity index is 1.37. The van der Waals surface area contributed by atoms with Gasteiger partial charge >= 0.3 is 219 Å². The first-order chi connectivity index (χ1) is 20.2. The molecule has 0 heterocycles. The Hall–Kier alpha value is -3.94. The van der Waals surface area contributed by atoms with Crippen molar-refractivity contribution in [2.24, 2.45) is 10.9 Å². The van der Waals surface area contributed by atoms with Gasteiger partial charge in [0.2, 0.25) is 0 Å². The average molecular weight is 634 g/mol. The summed E-state index contributed by atoms with van der Waals surface area (Å²) < 4.78 is 11.1. The van der Waals surface area contributed by atoms with E-state index in [1.807, 2.05) is 68.4 Å². The van der Waals surface area contributed by atoms with Crippen LogP contribution in [0.3, 0.4) is 0 Å². The molecule has 0 saturated carbocycles. The third-order valence-electron chi connectivity index (χ3n) is 7.32. The summed E-state index contributed by atoms with van der Waals surface area (Å²) in [5.74, 6) is -1.14. The molecule has 0 aliphatic heterocycles. The molecule has 0 aromatic heterocycles. The van der Waals surface area contributed by atoms with Gasteiger partial charge in [-0.25, -0.2) is 0 Å². The summed E-state index contributed by atoms with van der Waals surface area (Å²) in [6.45, 7) is 5.60. The molecule has 0 unspecified atom stereocenters. The standard InChI is InChI=1S/C33H36N3O5Se/c1-20(2)29(30(37)34-21(3)31(42)35-28(32(38)40-4)18-22-12-6-5-7-13-22)36-33(39)41-19-27-25-16-10-8-14-23(25)24-15-9-11-17-26(24)27/h5-17,20-21,27-29H,18-19H2,1-4H3,(H,34,37)(H,36,39)/t21-,28-,29-/m0/s1. The normalized spacial score (nSPS) is 14.7. The maximum absolute atomic E-state index is 13.2. The van der Waals surface area contributed by atoms with Gasteiger partial charge in [-0.1, -0.05) is 36.4 Å². The van der Waals surface area contributed by atoms with Gasteiger partial charge in [0.25, 0.3) is 0 Å². The number of carbonyl (C=O) groups is 3.